The first-order valence-electron chi connectivity index (χ1n) is 8.29. The Bertz CT molecular complexity index is 800. The first kappa shape index (κ1) is 19.9. The van der Waals surface area contributed by atoms with Crippen LogP contribution >= 0.6 is 0 Å². The average Bonchev–Trinajstić information content (AvgIpc) is 2.65. The third-order valence-electron chi connectivity index (χ3n) is 3.43. The van der Waals surface area contributed by atoms with Gasteiger partial charge in [-0.15, -0.1) is 0 Å². The van der Waals surface area contributed by atoms with E-state index in [0.717, 1.165) is 0 Å². The molecule has 2 rings (SSSR count). The number of nitrogens with zero attached hydrogens (tertiary/aromatic N) is 1. The van der Waals surface area contributed by atoms with Gasteiger partial charge >= 0.3 is 5.97 Å². The monoisotopic (exact) mass is 372 g/mol. The van der Waals surface area contributed by atoms with Gasteiger partial charge in [0.05, 0.1) is 11.0 Å². The minimum Gasteiger partial charge on any atom is -0.491 e. The second-order valence-electron chi connectivity index (χ2n) is 5.96. The number of nitrogens with one attached hydrogen (secondary N) is 1. The third kappa shape index (κ3) is 6.43. The topological polar surface area (TPSA) is 108 Å². The van der Waals surface area contributed by atoms with Crippen molar-refractivity contribution in [1.29, 1.82) is 0 Å². The number of ether oxygens (including phenoxy) is 2. The lowest BCUT2D eigenvalue weighted by atomic mass is 10.2. The third-order valence-corrected chi connectivity index (χ3v) is 3.43. The van der Waals surface area contributed by atoms with E-state index >= 15 is 0 Å². The predicted octanol–water partition coefficient (Wildman–Crippen LogP) is 2.86. The van der Waals surface area contributed by atoms with Crippen LogP contribution in [0.2, 0.25) is 0 Å². The Labute approximate surface area is 156 Å². The fourth-order valence-corrected chi connectivity index (χ4v) is 2.14. The first-order chi connectivity index (χ1) is 12.8. The Hall–Kier alpha value is -3.42. The van der Waals surface area contributed by atoms with E-state index in [-0.39, 0.29) is 24.9 Å². The van der Waals surface area contributed by atoms with Crippen LogP contribution in [0.1, 0.15) is 29.8 Å². The molecular formula is C19H20N2O6. The zero-order chi connectivity index (χ0) is 19.8. The van der Waals surface area contributed by atoms with E-state index in [1.165, 1.54) is 24.3 Å². The van der Waals surface area contributed by atoms with Gasteiger partial charge in [-0.3, -0.25) is 19.7 Å². The molecule has 1 N–H and O–H groups in total. The van der Waals surface area contributed by atoms with Crippen LogP contribution in [0, 0.1) is 10.1 Å². The van der Waals surface area contributed by atoms with Crippen molar-refractivity contribution in [2.75, 3.05) is 6.54 Å². The van der Waals surface area contributed by atoms with Crippen LogP contribution in [-0.4, -0.2) is 29.4 Å². The number of esters is 1. The number of benzene rings is 2. The summed E-state index contributed by atoms with van der Waals surface area (Å²) in [5, 5.41) is 13.1. The lowest BCUT2D eigenvalue weighted by molar-refractivity contribution is -0.384. The summed E-state index contributed by atoms with van der Waals surface area (Å²) in [5.74, 6) is -0.357. The van der Waals surface area contributed by atoms with Crippen LogP contribution in [0.3, 0.4) is 0 Å². The molecule has 0 saturated carbocycles. The maximum atomic E-state index is 12.0. The molecule has 0 aliphatic heterocycles. The van der Waals surface area contributed by atoms with E-state index in [1.54, 1.807) is 24.3 Å². The van der Waals surface area contributed by atoms with E-state index < -0.39 is 16.8 Å². The van der Waals surface area contributed by atoms with Gasteiger partial charge in [-0.2, -0.15) is 0 Å². The van der Waals surface area contributed by atoms with Gasteiger partial charge < -0.3 is 14.8 Å². The Morgan fingerprint density at radius 1 is 1.07 bits per heavy atom. The quantitative estimate of drug-likeness (QED) is 0.434. The number of hydrogen-bond acceptors (Lipinski definition) is 6. The van der Waals surface area contributed by atoms with E-state index in [4.69, 9.17) is 9.47 Å². The van der Waals surface area contributed by atoms with Crippen LogP contribution in [0.5, 0.6) is 5.75 Å². The van der Waals surface area contributed by atoms with Crippen LogP contribution in [0.25, 0.3) is 0 Å². The fourth-order valence-electron chi connectivity index (χ4n) is 2.14. The molecule has 0 heterocycles. The lowest BCUT2D eigenvalue weighted by Gasteiger charge is -2.10. The summed E-state index contributed by atoms with van der Waals surface area (Å²) in [6.45, 7) is 3.50. The van der Waals surface area contributed by atoms with Crippen molar-refractivity contribution in [2.24, 2.45) is 0 Å². The molecule has 0 saturated heterocycles. The van der Waals surface area contributed by atoms with E-state index in [2.05, 4.69) is 5.32 Å². The van der Waals surface area contributed by atoms with Gasteiger partial charge in [0.1, 0.15) is 18.9 Å². The Balaban J connectivity index is 1.77. The Morgan fingerprint density at radius 3 is 2.26 bits per heavy atom. The number of carbonyl (C=O) groups is 2. The number of hydrogen-bond donors (Lipinski definition) is 1. The number of amides is 1. The minimum atomic E-state index is -0.610. The molecule has 27 heavy (non-hydrogen) atoms. The molecule has 0 fully saturated rings. The molecule has 0 aliphatic carbocycles. The number of carbonyl (C=O) groups excluding carboxylic acids is 2. The van der Waals surface area contributed by atoms with Crippen molar-refractivity contribution < 1.29 is 24.0 Å². The predicted molar refractivity (Wildman–Crippen MR) is 97.4 cm³/mol. The summed E-state index contributed by atoms with van der Waals surface area (Å²) in [4.78, 5) is 33.8. The van der Waals surface area contributed by atoms with Crippen molar-refractivity contribution >= 4 is 17.6 Å². The first-order valence-corrected chi connectivity index (χ1v) is 8.29. The Morgan fingerprint density at radius 2 is 1.70 bits per heavy atom. The van der Waals surface area contributed by atoms with Crippen LogP contribution in [0.15, 0.2) is 48.5 Å². The molecular weight excluding hydrogens is 352 g/mol. The molecule has 2 aromatic rings. The molecule has 0 bridgehead atoms. The van der Waals surface area contributed by atoms with Gasteiger partial charge in [0.25, 0.3) is 11.6 Å². The molecule has 0 unspecified atom stereocenters. The minimum absolute atomic E-state index is 0.0338. The van der Waals surface area contributed by atoms with Crippen LogP contribution < -0.4 is 10.1 Å². The number of nitro benzene ring substituents is 1. The molecule has 0 aliphatic rings. The van der Waals surface area contributed by atoms with Gasteiger partial charge in [-0.25, -0.2) is 0 Å². The summed E-state index contributed by atoms with van der Waals surface area (Å²) >= 11 is 0. The van der Waals surface area contributed by atoms with E-state index in [9.17, 15) is 19.7 Å². The summed E-state index contributed by atoms with van der Waals surface area (Å²) in [5.41, 5.74) is 0.970. The average molecular weight is 372 g/mol. The molecule has 8 heteroatoms. The van der Waals surface area contributed by atoms with E-state index in [0.29, 0.717) is 16.9 Å². The Kier molecular flexibility index (Phi) is 6.87. The second-order valence-corrected chi connectivity index (χ2v) is 5.96. The smallest absolute Gasteiger partial charge is 0.325 e. The van der Waals surface area contributed by atoms with Crippen molar-refractivity contribution in [1.82, 2.24) is 5.32 Å². The number of rotatable bonds is 8. The van der Waals surface area contributed by atoms with Gasteiger partial charge in [0, 0.05) is 17.7 Å². The van der Waals surface area contributed by atoms with Gasteiger partial charge in [-0.1, -0.05) is 0 Å². The number of non-ortho nitro benzene ring substituents is 1. The maximum absolute atomic E-state index is 12.0. The van der Waals surface area contributed by atoms with Crippen molar-refractivity contribution in [2.45, 2.75) is 26.6 Å². The molecule has 0 atom stereocenters. The van der Waals surface area contributed by atoms with Crippen LogP contribution in [-0.2, 0) is 16.1 Å². The highest BCUT2D eigenvalue weighted by molar-refractivity contribution is 5.96. The van der Waals surface area contributed by atoms with Crippen LogP contribution in [0.4, 0.5) is 5.69 Å². The highest BCUT2D eigenvalue weighted by Gasteiger charge is 2.10. The molecule has 0 aromatic heterocycles. The summed E-state index contributed by atoms with van der Waals surface area (Å²) < 4.78 is 10.5. The maximum Gasteiger partial charge on any atom is 0.325 e. The zero-order valence-corrected chi connectivity index (χ0v) is 15.0. The van der Waals surface area contributed by atoms with E-state index in [1.807, 2.05) is 13.8 Å². The summed E-state index contributed by atoms with van der Waals surface area (Å²) in [6, 6.07) is 12.2. The fraction of sp³-hybridized carbons (Fsp3) is 0.263. The largest absolute Gasteiger partial charge is 0.491 e. The summed E-state index contributed by atoms with van der Waals surface area (Å²) in [6.07, 6.45) is 0.0372. The SMILES string of the molecule is CC(C)Oc1ccc(C(=O)NCC(=O)OCc2ccc([N+](=O)[O-])cc2)cc1. The molecule has 142 valence electrons. The highest BCUT2D eigenvalue weighted by atomic mass is 16.6. The van der Waals surface area contributed by atoms with Crippen molar-refractivity contribution in [3.63, 3.8) is 0 Å². The summed E-state index contributed by atoms with van der Waals surface area (Å²) in [7, 11) is 0. The normalized spacial score (nSPS) is 10.3. The molecule has 0 radical (unpaired) electrons. The molecule has 1 amide bonds. The van der Waals surface area contributed by atoms with Crippen molar-refractivity contribution in [3.8, 4) is 5.75 Å². The second kappa shape index (κ2) is 9.33. The molecule has 0 spiro atoms. The van der Waals surface area contributed by atoms with Crippen molar-refractivity contribution in [3.05, 3.63) is 69.8 Å². The zero-order valence-electron chi connectivity index (χ0n) is 15.0. The lowest BCUT2D eigenvalue weighted by Crippen LogP contribution is -2.30. The van der Waals surface area contributed by atoms with Gasteiger partial charge in [0.2, 0.25) is 0 Å². The molecule has 2 aromatic carbocycles. The highest BCUT2D eigenvalue weighted by Crippen LogP contribution is 2.14. The number of nitro groups is 1. The molecule has 8 nitrogen and oxygen atoms in total. The standard InChI is InChI=1S/C19H20N2O6/c1-13(2)27-17-9-5-15(6-10-17)19(23)20-11-18(22)26-12-14-3-7-16(8-4-14)21(24)25/h3-10,13H,11-12H2,1-2H3,(H,20,23). The van der Waals surface area contributed by atoms with Gasteiger partial charge in [-0.05, 0) is 55.8 Å². The van der Waals surface area contributed by atoms with Gasteiger partial charge in [0.15, 0.2) is 0 Å².